The molecule has 1 saturated carbocycles. The van der Waals surface area contributed by atoms with Crippen molar-refractivity contribution in [3.8, 4) is 0 Å². The van der Waals surface area contributed by atoms with Crippen LogP contribution in [-0.4, -0.2) is 45.7 Å². The molecule has 21 heavy (non-hydrogen) atoms. The van der Waals surface area contributed by atoms with Crippen LogP contribution in [0, 0.1) is 0 Å². The highest BCUT2D eigenvalue weighted by atomic mass is 32.2. The van der Waals surface area contributed by atoms with Gasteiger partial charge in [-0.25, -0.2) is 8.42 Å². The summed E-state index contributed by atoms with van der Waals surface area (Å²) in [6.07, 6.45) is 11.2. The van der Waals surface area contributed by atoms with Gasteiger partial charge in [0.2, 0.25) is 0 Å². The fourth-order valence-corrected chi connectivity index (χ4v) is 4.13. The molecule has 0 saturated heterocycles. The SMILES string of the molecule is CCCNC(CCCS(C)(=O)=O)C1(OC)CCCCCC1. The van der Waals surface area contributed by atoms with Crippen molar-refractivity contribution in [2.75, 3.05) is 25.7 Å². The first-order chi connectivity index (χ1) is 9.93. The molecule has 4 nitrogen and oxygen atoms in total. The minimum atomic E-state index is -2.87. The molecule has 1 aliphatic carbocycles. The molecule has 0 aromatic carbocycles. The summed E-state index contributed by atoms with van der Waals surface area (Å²) in [6.45, 7) is 3.13. The van der Waals surface area contributed by atoms with Crippen molar-refractivity contribution in [3.63, 3.8) is 0 Å². The Labute approximate surface area is 130 Å². The van der Waals surface area contributed by atoms with Crippen molar-refractivity contribution in [2.45, 2.75) is 76.4 Å². The lowest BCUT2D eigenvalue weighted by Crippen LogP contribution is -2.52. The minimum absolute atomic E-state index is 0.108. The van der Waals surface area contributed by atoms with Gasteiger partial charge in [0.1, 0.15) is 9.84 Å². The summed E-state index contributed by atoms with van der Waals surface area (Å²) in [7, 11) is -1.05. The van der Waals surface area contributed by atoms with E-state index in [4.69, 9.17) is 4.74 Å². The average Bonchev–Trinajstić information content (AvgIpc) is 2.67. The molecular formula is C16H33NO3S. The second-order valence-corrected chi connectivity index (χ2v) is 8.72. The number of hydrogen-bond donors (Lipinski definition) is 1. The van der Waals surface area contributed by atoms with Crippen molar-refractivity contribution in [2.24, 2.45) is 0 Å². The van der Waals surface area contributed by atoms with Gasteiger partial charge in [0.05, 0.1) is 5.60 Å². The fraction of sp³-hybridized carbons (Fsp3) is 1.00. The van der Waals surface area contributed by atoms with E-state index in [2.05, 4.69) is 12.2 Å². The molecule has 126 valence electrons. The Kier molecular flexibility index (Phi) is 8.21. The number of rotatable bonds is 9. The molecule has 1 unspecified atom stereocenters. The van der Waals surface area contributed by atoms with E-state index in [0.29, 0.717) is 6.42 Å². The zero-order chi connectivity index (χ0) is 15.8. The van der Waals surface area contributed by atoms with E-state index < -0.39 is 9.84 Å². The monoisotopic (exact) mass is 319 g/mol. The van der Waals surface area contributed by atoms with E-state index in [1.165, 1.54) is 31.9 Å². The molecule has 0 bridgehead atoms. The zero-order valence-electron chi connectivity index (χ0n) is 14.0. The second kappa shape index (κ2) is 9.11. The topological polar surface area (TPSA) is 55.4 Å². The van der Waals surface area contributed by atoms with Crippen LogP contribution in [0.25, 0.3) is 0 Å². The molecule has 0 radical (unpaired) electrons. The van der Waals surface area contributed by atoms with Crippen molar-refractivity contribution < 1.29 is 13.2 Å². The summed E-state index contributed by atoms with van der Waals surface area (Å²) in [5.41, 5.74) is -0.108. The predicted octanol–water partition coefficient (Wildman–Crippen LogP) is 2.92. The lowest BCUT2D eigenvalue weighted by atomic mass is 9.83. The van der Waals surface area contributed by atoms with Crippen LogP contribution in [0.15, 0.2) is 0 Å². The van der Waals surface area contributed by atoms with E-state index in [9.17, 15) is 8.42 Å². The van der Waals surface area contributed by atoms with Gasteiger partial charge in [0, 0.05) is 25.2 Å². The number of ether oxygens (including phenoxy) is 1. The molecule has 0 heterocycles. The lowest BCUT2D eigenvalue weighted by Gasteiger charge is -2.40. The summed E-state index contributed by atoms with van der Waals surface area (Å²) in [5, 5.41) is 3.63. The van der Waals surface area contributed by atoms with Crippen molar-refractivity contribution in [3.05, 3.63) is 0 Å². The smallest absolute Gasteiger partial charge is 0.147 e. The molecule has 0 amide bonds. The van der Waals surface area contributed by atoms with Gasteiger partial charge in [0.25, 0.3) is 0 Å². The van der Waals surface area contributed by atoms with Crippen LogP contribution in [0.5, 0.6) is 0 Å². The second-order valence-electron chi connectivity index (χ2n) is 6.46. The quantitative estimate of drug-likeness (QED) is 0.664. The summed E-state index contributed by atoms with van der Waals surface area (Å²) >= 11 is 0. The van der Waals surface area contributed by atoms with Gasteiger partial charge < -0.3 is 10.1 Å². The van der Waals surface area contributed by atoms with Gasteiger partial charge in [-0.15, -0.1) is 0 Å². The zero-order valence-corrected chi connectivity index (χ0v) is 14.8. The summed E-state index contributed by atoms with van der Waals surface area (Å²) in [5.74, 6) is 0.275. The molecule has 5 heteroatoms. The number of nitrogens with one attached hydrogen (secondary N) is 1. The van der Waals surface area contributed by atoms with Gasteiger partial charge in [-0.2, -0.15) is 0 Å². The van der Waals surface area contributed by atoms with Gasteiger partial charge >= 0.3 is 0 Å². The Morgan fingerprint density at radius 2 is 1.81 bits per heavy atom. The molecule has 1 rings (SSSR count). The molecule has 1 atom stereocenters. The maximum absolute atomic E-state index is 11.4. The maximum Gasteiger partial charge on any atom is 0.147 e. The van der Waals surface area contributed by atoms with E-state index >= 15 is 0 Å². The fourth-order valence-electron chi connectivity index (χ4n) is 3.44. The Balaban J connectivity index is 2.71. The third-order valence-corrected chi connectivity index (χ3v) is 5.67. The van der Waals surface area contributed by atoms with Gasteiger partial charge in [-0.1, -0.05) is 32.6 Å². The van der Waals surface area contributed by atoms with Crippen LogP contribution < -0.4 is 5.32 Å². The van der Waals surface area contributed by atoms with Crippen molar-refractivity contribution in [1.29, 1.82) is 0 Å². The third kappa shape index (κ3) is 6.66. The van der Waals surface area contributed by atoms with Crippen LogP contribution in [0.3, 0.4) is 0 Å². The van der Waals surface area contributed by atoms with Crippen LogP contribution in [0.4, 0.5) is 0 Å². The van der Waals surface area contributed by atoms with Crippen LogP contribution in [-0.2, 0) is 14.6 Å². The summed E-state index contributed by atoms with van der Waals surface area (Å²) in [6, 6.07) is 0.266. The first-order valence-electron chi connectivity index (χ1n) is 8.40. The van der Waals surface area contributed by atoms with Gasteiger partial charge in [-0.05, 0) is 38.6 Å². The van der Waals surface area contributed by atoms with E-state index in [1.54, 1.807) is 0 Å². The average molecular weight is 320 g/mol. The number of sulfone groups is 1. The number of hydrogen-bond acceptors (Lipinski definition) is 4. The molecule has 0 aliphatic heterocycles. The normalized spacial score (nSPS) is 20.9. The van der Waals surface area contributed by atoms with Crippen LogP contribution in [0.1, 0.15) is 64.7 Å². The van der Waals surface area contributed by atoms with Gasteiger partial charge in [-0.3, -0.25) is 0 Å². The first kappa shape index (κ1) is 18.9. The highest BCUT2D eigenvalue weighted by molar-refractivity contribution is 7.90. The Hall–Kier alpha value is -0.130. The highest BCUT2D eigenvalue weighted by Crippen LogP contribution is 2.34. The van der Waals surface area contributed by atoms with Crippen molar-refractivity contribution in [1.82, 2.24) is 5.32 Å². The van der Waals surface area contributed by atoms with E-state index in [0.717, 1.165) is 32.2 Å². The third-order valence-electron chi connectivity index (χ3n) is 4.64. The first-order valence-corrected chi connectivity index (χ1v) is 10.5. The van der Waals surface area contributed by atoms with Gasteiger partial charge in [0.15, 0.2) is 0 Å². The largest absolute Gasteiger partial charge is 0.377 e. The lowest BCUT2D eigenvalue weighted by molar-refractivity contribution is -0.0548. The Morgan fingerprint density at radius 3 is 2.29 bits per heavy atom. The van der Waals surface area contributed by atoms with Crippen molar-refractivity contribution >= 4 is 9.84 Å². The highest BCUT2D eigenvalue weighted by Gasteiger charge is 2.38. The molecule has 1 N–H and O–H groups in total. The van der Waals surface area contributed by atoms with Crippen LogP contribution >= 0.6 is 0 Å². The number of methoxy groups -OCH3 is 1. The summed E-state index contributed by atoms with van der Waals surface area (Å²) < 4.78 is 28.7. The molecule has 0 aromatic rings. The van der Waals surface area contributed by atoms with E-state index in [-0.39, 0.29) is 17.4 Å². The molecule has 1 fully saturated rings. The standard InChI is InChI=1S/C16H33NO3S/c1-4-13-17-15(10-9-14-21(3,18)19)16(20-2)11-7-5-6-8-12-16/h15,17H,4-14H2,1-3H3. The minimum Gasteiger partial charge on any atom is -0.377 e. The maximum atomic E-state index is 11.4. The molecule has 1 aliphatic rings. The predicted molar refractivity (Wildman–Crippen MR) is 88.5 cm³/mol. The summed E-state index contributed by atoms with van der Waals surface area (Å²) in [4.78, 5) is 0. The van der Waals surface area contributed by atoms with Crippen LogP contribution in [0.2, 0.25) is 0 Å². The molecule has 0 aromatic heterocycles. The Bertz CT molecular complexity index is 373. The Morgan fingerprint density at radius 1 is 1.19 bits per heavy atom. The molecular weight excluding hydrogens is 286 g/mol. The molecule has 0 spiro atoms. The van der Waals surface area contributed by atoms with E-state index in [1.807, 2.05) is 7.11 Å².